The van der Waals surface area contributed by atoms with Crippen molar-refractivity contribution in [1.82, 2.24) is 19.8 Å². The number of hydrogen-bond acceptors (Lipinski definition) is 7. The van der Waals surface area contributed by atoms with Gasteiger partial charge in [0.2, 0.25) is 5.95 Å². The highest BCUT2D eigenvalue weighted by Gasteiger charge is 2.37. The second kappa shape index (κ2) is 7.89. The maximum atomic E-state index is 13.2. The highest BCUT2D eigenvalue weighted by molar-refractivity contribution is 6.03. The Kier molecular flexibility index (Phi) is 5.17. The van der Waals surface area contributed by atoms with E-state index in [2.05, 4.69) is 20.2 Å². The van der Waals surface area contributed by atoms with Gasteiger partial charge in [-0.25, -0.2) is 9.97 Å². The summed E-state index contributed by atoms with van der Waals surface area (Å²) in [6, 6.07) is 7.62. The number of benzene rings is 1. The molecule has 8 heteroatoms. The van der Waals surface area contributed by atoms with Crippen LogP contribution in [0.25, 0.3) is 0 Å². The van der Waals surface area contributed by atoms with Crippen LogP contribution in [-0.2, 0) is 4.74 Å². The summed E-state index contributed by atoms with van der Waals surface area (Å²) in [6.45, 7) is 4.83. The molecule has 1 N–H and O–H groups in total. The third-order valence-electron chi connectivity index (χ3n) is 4.98. The minimum Gasteiger partial charge on any atom is -0.496 e. The van der Waals surface area contributed by atoms with Gasteiger partial charge in [0.15, 0.2) is 0 Å². The van der Waals surface area contributed by atoms with E-state index in [0.29, 0.717) is 29.0 Å². The topological polar surface area (TPSA) is 79.8 Å². The van der Waals surface area contributed by atoms with Crippen molar-refractivity contribution < 1.29 is 14.3 Å². The lowest BCUT2D eigenvalue weighted by atomic mass is 10.0. The van der Waals surface area contributed by atoms with E-state index in [0.717, 1.165) is 39.4 Å². The van der Waals surface area contributed by atoms with Gasteiger partial charge in [0.25, 0.3) is 5.91 Å². The molecule has 1 aromatic carbocycles. The van der Waals surface area contributed by atoms with Gasteiger partial charge in [-0.2, -0.15) is 0 Å². The fourth-order valence-corrected chi connectivity index (χ4v) is 3.46. The zero-order valence-electron chi connectivity index (χ0n) is 15.3. The van der Waals surface area contributed by atoms with E-state index in [1.54, 1.807) is 31.6 Å². The number of rotatable bonds is 5. The Bertz CT molecular complexity index is 789. The van der Waals surface area contributed by atoms with E-state index in [1.165, 1.54) is 0 Å². The van der Waals surface area contributed by atoms with Crippen molar-refractivity contribution >= 4 is 17.5 Å². The summed E-state index contributed by atoms with van der Waals surface area (Å²) < 4.78 is 10.9. The number of ether oxygens (including phenoxy) is 2. The Balaban J connectivity index is 1.51. The molecule has 0 aliphatic carbocycles. The molecule has 0 spiro atoms. The molecule has 3 heterocycles. The SMILES string of the molecule is COc1cccc(Nc2ncccn2)c1C(=O)N1CC(N2CCOCC2)C1. The molecule has 0 atom stereocenters. The third-order valence-corrected chi connectivity index (χ3v) is 4.98. The average Bonchev–Trinajstić information content (AvgIpc) is 2.68. The van der Waals surface area contributed by atoms with Crippen molar-refractivity contribution in [1.29, 1.82) is 0 Å². The first-order chi connectivity index (χ1) is 13.3. The maximum absolute atomic E-state index is 13.2. The molecular formula is C19H23N5O3. The van der Waals surface area contributed by atoms with Crippen molar-refractivity contribution in [2.24, 2.45) is 0 Å². The first kappa shape index (κ1) is 17.7. The number of morpholine rings is 1. The van der Waals surface area contributed by atoms with Crippen LogP contribution in [0, 0.1) is 0 Å². The molecule has 0 saturated carbocycles. The van der Waals surface area contributed by atoms with Crippen LogP contribution in [-0.4, -0.2) is 78.2 Å². The lowest BCUT2D eigenvalue weighted by Gasteiger charge is -2.46. The van der Waals surface area contributed by atoms with Crippen LogP contribution >= 0.6 is 0 Å². The van der Waals surface area contributed by atoms with Crippen molar-refractivity contribution in [3.8, 4) is 5.75 Å². The molecule has 0 bridgehead atoms. The Hall–Kier alpha value is -2.71. The summed E-state index contributed by atoms with van der Waals surface area (Å²) in [6.07, 6.45) is 3.30. The standard InChI is InChI=1S/C19H23N5O3/c1-26-16-5-2-4-15(22-19-20-6-3-7-21-19)17(16)18(25)24-12-14(13-24)23-8-10-27-11-9-23/h2-7,14H,8-13H2,1H3,(H,20,21,22). The molecule has 2 aromatic rings. The lowest BCUT2D eigenvalue weighted by Crippen LogP contribution is -2.62. The predicted octanol–water partition coefficient (Wildman–Crippen LogP) is 1.39. The van der Waals surface area contributed by atoms with Gasteiger partial charge in [0, 0.05) is 44.6 Å². The number of aromatic nitrogens is 2. The highest BCUT2D eigenvalue weighted by Crippen LogP contribution is 2.31. The van der Waals surface area contributed by atoms with E-state index < -0.39 is 0 Å². The normalized spacial score (nSPS) is 18.0. The second-order valence-corrected chi connectivity index (χ2v) is 6.59. The molecule has 142 valence electrons. The first-order valence-electron chi connectivity index (χ1n) is 9.08. The van der Waals surface area contributed by atoms with Gasteiger partial charge in [0.1, 0.15) is 11.3 Å². The van der Waals surface area contributed by atoms with Crippen LogP contribution in [0.2, 0.25) is 0 Å². The number of carbonyl (C=O) groups is 1. The molecular weight excluding hydrogens is 346 g/mol. The minimum absolute atomic E-state index is 0.0459. The van der Waals surface area contributed by atoms with Crippen LogP contribution in [0.3, 0.4) is 0 Å². The van der Waals surface area contributed by atoms with E-state index in [4.69, 9.17) is 9.47 Å². The number of carbonyl (C=O) groups excluding carboxylic acids is 1. The van der Waals surface area contributed by atoms with Gasteiger partial charge >= 0.3 is 0 Å². The number of nitrogens with one attached hydrogen (secondary N) is 1. The van der Waals surface area contributed by atoms with E-state index in [9.17, 15) is 4.79 Å². The van der Waals surface area contributed by atoms with E-state index >= 15 is 0 Å². The van der Waals surface area contributed by atoms with Gasteiger partial charge in [-0.05, 0) is 18.2 Å². The highest BCUT2D eigenvalue weighted by atomic mass is 16.5. The fraction of sp³-hybridized carbons (Fsp3) is 0.421. The molecule has 2 aliphatic heterocycles. The summed E-state index contributed by atoms with van der Waals surface area (Å²) in [5.74, 6) is 0.931. The predicted molar refractivity (Wildman–Crippen MR) is 100 cm³/mol. The van der Waals surface area contributed by atoms with Crippen LogP contribution in [0.5, 0.6) is 5.75 Å². The molecule has 2 saturated heterocycles. The molecule has 0 unspecified atom stereocenters. The Morgan fingerprint density at radius 2 is 1.93 bits per heavy atom. The molecule has 8 nitrogen and oxygen atoms in total. The van der Waals surface area contributed by atoms with Crippen LogP contribution < -0.4 is 10.1 Å². The Morgan fingerprint density at radius 3 is 2.63 bits per heavy atom. The maximum Gasteiger partial charge on any atom is 0.259 e. The summed E-state index contributed by atoms with van der Waals surface area (Å²) in [4.78, 5) is 25.8. The third kappa shape index (κ3) is 3.72. The monoisotopic (exact) mass is 369 g/mol. The van der Waals surface area contributed by atoms with E-state index in [-0.39, 0.29) is 5.91 Å². The molecule has 27 heavy (non-hydrogen) atoms. The molecule has 4 rings (SSSR count). The van der Waals surface area contributed by atoms with Crippen LogP contribution in [0.1, 0.15) is 10.4 Å². The molecule has 2 fully saturated rings. The lowest BCUT2D eigenvalue weighted by molar-refractivity contribution is -0.0256. The number of likely N-dealkylation sites (tertiary alicyclic amines) is 1. The number of amides is 1. The minimum atomic E-state index is -0.0459. The van der Waals surface area contributed by atoms with Crippen molar-refractivity contribution in [3.05, 3.63) is 42.2 Å². The number of hydrogen-bond donors (Lipinski definition) is 1. The molecule has 1 amide bonds. The second-order valence-electron chi connectivity index (χ2n) is 6.59. The number of anilines is 2. The summed E-state index contributed by atoms with van der Waals surface area (Å²) >= 11 is 0. The molecule has 0 radical (unpaired) electrons. The summed E-state index contributed by atoms with van der Waals surface area (Å²) in [5.41, 5.74) is 1.15. The molecule has 2 aliphatic rings. The number of nitrogens with zero attached hydrogens (tertiary/aromatic N) is 4. The number of methoxy groups -OCH3 is 1. The summed E-state index contributed by atoms with van der Waals surface area (Å²) in [5, 5.41) is 3.13. The van der Waals surface area contributed by atoms with Crippen molar-refractivity contribution in [3.63, 3.8) is 0 Å². The zero-order valence-corrected chi connectivity index (χ0v) is 15.3. The molecule has 1 aromatic heterocycles. The summed E-state index contributed by atoms with van der Waals surface area (Å²) in [7, 11) is 1.57. The average molecular weight is 369 g/mol. The zero-order chi connectivity index (χ0) is 18.6. The van der Waals surface area contributed by atoms with Gasteiger partial charge in [-0.15, -0.1) is 0 Å². The largest absolute Gasteiger partial charge is 0.496 e. The smallest absolute Gasteiger partial charge is 0.259 e. The van der Waals surface area contributed by atoms with Gasteiger partial charge in [-0.1, -0.05) is 6.07 Å². The Morgan fingerprint density at radius 1 is 1.19 bits per heavy atom. The van der Waals surface area contributed by atoms with Gasteiger partial charge in [0.05, 0.1) is 26.0 Å². The van der Waals surface area contributed by atoms with Gasteiger partial charge < -0.3 is 19.7 Å². The Labute approximate surface area is 158 Å². The fourth-order valence-electron chi connectivity index (χ4n) is 3.46. The first-order valence-corrected chi connectivity index (χ1v) is 9.08. The van der Waals surface area contributed by atoms with Crippen molar-refractivity contribution in [2.45, 2.75) is 6.04 Å². The van der Waals surface area contributed by atoms with Crippen LogP contribution in [0.15, 0.2) is 36.7 Å². The van der Waals surface area contributed by atoms with Crippen molar-refractivity contribution in [2.75, 3.05) is 51.8 Å². The van der Waals surface area contributed by atoms with Crippen LogP contribution in [0.4, 0.5) is 11.6 Å². The van der Waals surface area contributed by atoms with E-state index in [1.807, 2.05) is 17.0 Å². The van der Waals surface area contributed by atoms with Gasteiger partial charge in [-0.3, -0.25) is 9.69 Å². The quantitative estimate of drug-likeness (QED) is 0.853.